The molecule has 116 valence electrons. The summed E-state index contributed by atoms with van der Waals surface area (Å²) in [6.45, 7) is 0.430. The Balaban J connectivity index is 1.97. The number of nitrogens with zero attached hydrogens (tertiary/aromatic N) is 1. The van der Waals surface area contributed by atoms with Crippen molar-refractivity contribution in [2.24, 2.45) is 11.8 Å². The lowest BCUT2D eigenvalue weighted by Gasteiger charge is -2.18. The highest BCUT2D eigenvalue weighted by atomic mass is 79.9. The second-order valence-corrected chi connectivity index (χ2v) is 8.63. The molecular formula is C14H17BrFNO3S. The van der Waals surface area contributed by atoms with Crippen molar-refractivity contribution in [3.63, 3.8) is 0 Å². The van der Waals surface area contributed by atoms with Crippen LogP contribution < -0.4 is 0 Å². The molecule has 1 aliphatic heterocycles. The van der Waals surface area contributed by atoms with E-state index in [0.29, 0.717) is 29.4 Å². The van der Waals surface area contributed by atoms with Gasteiger partial charge < -0.3 is 5.11 Å². The van der Waals surface area contributed by atoms with Crippen molar-refractivity contribution in [3.05, 3.63) is 28.0 Å². The minimum absolute atomic E-state index is 0.0117. The van der Waals surface area contributed by atoms with Gasteiger partial charge >= 0.3 is 0 Å². The zero-order valence-electron chi connectivity index (χ0n) is 11.4. The Hall–Kier alpha value is -0.500. The molecule has 0 radical (unpaired) electrons. The summed E-state index contributed by atoms with van der Waals surface area (Å²) in [5.41, 5.74) is -0.0117. The molecule has 3 rings (SSSR count). The maximum Gasteiger partial charge on any atom is 0.246 e. The topological polar surface area (TPSA) is 57.6 Å². The molecule has 0 aromatic heterocycles. The van der Waals surface area contributed by atoms with E-state index >= 15 is 0 Å². The molecule has 2 aliphatic rings. The van der Waals surface area contributed by atoms with Gasteiger partial charge in [-0.15, -0.1) is 0 Å². The first-order valence-electron chi connectivity index (χ1n) is 7.02. The molecule has 0 spiro atoms. The van der Waals surface area contributed by atoms with E-state index in [4.69, 9.17) is 5.11 Å². The second-order valence-electron chi connectivity index (χ2n) is 5.81. The van der Waals surface area contributed by atoms with Crippen LogP contribution in [-0.2, 0) is 16.6 Å². The molecule has 21 heavy (non-hydrogen) atoms. The Kier molecular flexibility index (Phi) is 4.11. The van der Waals surface area contributed by atoms with E-state index in [1.54, 1.807) is 0 Å². The average Bonchev–Trinajstić information content (AvgIpc) is 3.01. The van der Waals surface area contributed by atoms with Crippen molar-refractivity contribution in [1.82, 2.24) is 4.31 Å². The summed E-state index contributed by atoms with van der Waals surface area (Å²) in [7, 11) is -3.85. The zero-order valence-corrected chi connectivity index (χ0v) is 13.8. The third kappa shape index (κ3) is 2.65. The number of hydrogen-bond acceptors (Lipinski definition) is 3. The van der Waals surface area contributed by atoms with Crippen molar-refractivity contribution in [2.75, 3.05) is 13.1 Å². The second kappa shape index (κ2) is 5.61. The Bertz CT molecular complexity index is 652. The summed E-state index contributed by atoms with van der Waals surface area (Å²) in [5, 5.41) is 9.16. The van der Waals surface area contributed by atoms with Crippen LogP contribution in [0.1, 0.15) is 24.8 Å². The maximum absolute atomic E-state index is 14.3. The molecule has 2 fully saturated rings. The molecule has 1 aromatic carbocycles. The van der Waals surface area contributed by atoms with E-state index in [0.717, 1.165) is 19.3 Å². The maximum atomic E-state index is 14.3. The molecule has 7 heteroatoms. The standard InChI is InChI=1S/C14H17BrFNO3S/c15-12-4-11(8-18)14(16)13(5-12)21(19,20)17-6-9-2-1-3-10(9)7-17/h4-5,9-10,18H,1-3,6-8H2. The number of fused-ring (bicyclic) bond motifs is 1. The largest absolute Gasteiger partial charge is 0.392 e. The summed E-state index contributed by atoms with van der Waals surface area (Å²) in [6, 6.07) is 2.67. The highest BCUT2D eigenvalue weighted by Crippen LogP contribution is 2.40. The molecule has 1 N–H and O–H groups in total. The Morgan fingerprint density at radius 2 is 1.90 bits per heavy atom. The number of aliphatic hydroxyl groups excluding tert-OH is 1. The van der Waals surface area contributed by atoms with Gasteiger partial charge in [0.05, 0.1) is 6.61 Å². The lowest BCUT2D eigenvalue weighted by Crippen LogP contribution is -2.30. The molecular weight excluding hydrogens is 361 g/mol. The quantitative estimate of drug-likeness (QED) is 0.880. The normalized spacial score (nSPS) is 26.2. The minimum atomic E-state index is -3.85. The van der Waals surface area contributed by atoms with Gasteiger partial charge in [-0.3, -0.25) is 0 Å². The summed E-state index contributed by atoms with van der Waals surface area (Å²) < 4.78 is 41.5. The molecule has 1 aliphatic carbocycles. The molecule has 0 amide bonds. The summed E-state index contributed by atoms with van der Waals surface area (Å²) in [6.07, 6.45) is 3.27. The number of rotatable bonds is 3. The number of halogens is 2. The van der Waals surface area contributed by atoms with Crippen LogP contribution in [0.4, 0.5) is 4.39 Å². The van der Waals surface area contributed by atoms with Gasteiger partial charge in [0, 0.05) is 23.1 Å². The fourth-order valence-electron chi connectivity index (χ4n) is 3.45. The van der Waals surface area contributed by atoms with Gasteiger partial charge in [0.25, 0.3) is 0 Å². The molecule has 2 unspecified atom stereocenters. The van der Waals surface area contributed by atoms with Crippen LogP contribution in [0.25, 0.3) is 0 Å². The average molecular weight is 378 g/mol. The van der Waals surface area contributed by atoms with E-state index in [1.165, 1.54) is 16.4 Å². The van der Waals surface area contributed by atoms with Crippen molar-refractivity contribution < 1.29 is 17.9 Å². The minimum Gasteiger partial charge on any atom is -0.392 e. The van der Waals surface area contributed by atoms with Crippen LogP contribution in [0, 0.1) is 17.7 Å². The Labute approximate surface area is 132 Å². The third-order valence-electron chi connectivity index (χ3n) is 4.56. The van der Waals surface area contributed by atoms with Crippen LogP contribution in [0.3, 0.4) is 0 Å². The van der Waals surface area contributed by atoms with E-state index in [1.807, 2.05) is 0 Å². The van der Waals surface area contributed by atoms with E-state index in [2.05, 4.69) is 15.9 Å². The van der Waals surface area contributed by atoms with Gasteiger partial charge in [-0.1, -0.05) is 22.4 Å². The Morgan fingerprint density at radius 1 is 1.29 bits per heavy atom. The van der Waals surface area contributed by atoms with Gasteiger partial charge in [-0.2, -0.15) is 4.31 Å². The van der Waals surface area contributed by atoms with Gasteiger partial charge in [0.1, 0.15) is 10.7 Å². The smallest absolute Gasteiger partial charge is 0.246 e. The van der Waals surface area contributed by atoms with Gasteiger partial charge in [0.15, 0.2) is 0 Å². The van der Waals surface area contributed by atoms with Crippen molar-refractivity contribution in [1.29, 1.82) is 0 Å². The number of aliphatic hydroxyl groups is 1. The first kappa shape index (κ1) is 15.4. The monoisotopic (exact) mass is 377 g/mol. The van der Waals surface area contributed by atoms with E-state index in [9.17, 15) is 12.8 Å². The summed E-state index contributed by atoms with van der Waals surface area (Å²) in [5.74, 6) is -0.0302. The van der Waals surface area contributed by atoms with Crippen LogP contribution in [0.2, 0.25) is 0 Å². The van der Waals surface area contributed by atoms with Crippen molar-refractivity contribution in [2.45, 2.75) is 30.8 Å². The summed E-state index contributed by atoms with van der Waals surface area (Å²) in [4.78, 5) is -0.346. The molecule has 1 saturated carbocycles. The van der Waals surface area contributed by atoms with Gasteiger partial charge in [0.2, 0.25) is 10.0 Å². The fourth-order valence-corrected chi connectivity index (χ4v) is 5.79. The van der Waals surface area contributed by atoms with Crippen molar-refractivity contribution >= 4 is 26.0 Å². The SMILES string of the molecule is O=S(=O)(c1cc(Br)cc(CO)c1F)N1CC2CCCC2C1. The lowest BCUT2D eigenvalue weighted by atomic mass is 10.0. The number of benzene rings is 1. The molecule has 1 aromatic rings. The number of sulfonamides is 1. The van der Waals surface area contributed by atoms with Crippen molar-refractivity contribution in [3.8, 4) is 0 Å². The van der Waals surface area contributed by atoms with E-state index in [-0.39, 0.29) is 10.5 Å². The Morgan fingerprint density at radius 3 is 2.48 bits per heavy atom. The lowest BCUT2D eigenvalue weighted by molar-refractivity contribution is 0.274. The molecule has 1 heterocycles. The highest BCUT2D eigenvalue weighted by Gasteiger charge is 2.42. The third-order valence-corrected chi connectivity index (χ3v) is 6.85. The first-order chi connectivity index (χ1) is 9.93. The van der Waals surface area contributed by atoms with Crippen LogP contribution in [0.15, 0.2) is 21.5 Å². The molecule has 1 saturated heterocycles. The van der Waals surface area contributed by atoms with Crippen LogP contribution in [-0.4, -0.2) is 30.9 Å². The van der Waals surface area contributed by atoms with Gasteiger partial charge in [-0.25, -0.2) is 12.8 Å². The molecule has 2 atom stereocenters. The zero-order chi connectivity index (χ0) is 15.2. The highest BCUT2D eigenvalue weighted by molar-refractivity contribution is 9.10. The van der Waals surface area contributed by atoms with Crippen LogP contribution >= 0.6 is 15.9 Å². The predicted molar refractivity (Wildman–Crippen MR) is 79.6 cm³/mol. The number of hydrogen-bond donors (Lipinski definition) is 1. The van der Waals surface area contributed by atoms with E-state index < -0.39 is 22.4 Å². The van der Waals surface area contributed by atoms with Crippen LogP contribution in [0.5, 0.6) is 0 Å². The van der Waals surface area contributed by atoms with Gasteiger partial charge in [-0.05, 0) is 36.8 Å². The fraction of sp³-hybridized carbons (Fsp3) is 0.571. The summed E-state index contributed by atoms with van der Waals surface area (Å²) >= 11 is 3.18. The first-order valence-corrected chi connectivity index (χ1v) is 9.25. The molecule has 4 nitrogen and oxygen atoms in total. The predicted octanol–water partition coefficient (Wildman–Crippen LogP) is 2.50. The molecule has 0 bridgehead atoms.